The number of hydrogen-bond donors (Lipinski definition) is 0. The van der Waals surface area contributed by atoms with Crippen molar-refractivity contribution in [3.8, 4) is 5.75 Å². The van der Waals surface area contributed by atoms with E-state index in [0.29, 0.717) is 12.2 Å². The summed E-state index contributed by atoms with van der Waals surface area (Å²) in [5, 5.41) is 0.870. The number of ether oxygens (including phenoxy) is 1. The molecule has 0 saturated heterocycles. The Morgan fingerprint density at radius 3 is 2.62 bits per heavy atom. The Morgan fingerprint density at radius 1 is 1.10 bits per heavy atom. The normalized spacial score (nSPS) is 10.8. The summed E-state index contributed by atoms with van der Waals surface area (Å²) in [6.07, 6.45) is 0. The molecule has 1 heterocycles. The predicted octanol–water partition coefficient (Wildman–Crippen LogP) is 4.74. The predicted molar refractivity (Wildman–Crippen MR) is 93.7 cm³/mol. The van der Waals surface area contributed by atoms with Gasteiger partial charge in [0, 0.05) is 25.1 Å². The minimum atomic E-state index is -0.369. The van der Waals surface area contributed by atoms with Crippen LogP contribution < -0.4 is 10.4 Å². The molecule has 0 saturated carbocycles. The van der Waals surface area contributed by atoms with Gasteiger partial charge in [0.15, 0.2) is 0 Å². The molecule has 0 aliphatic heterocycles. The molecule has 3 nitrogen and oxygen atoms in total. The molecule has 0 fully saturated rings. The van der Waals surface area contributed by atoms with E-state index >= 15 is 0 Å². The third-order valence-electron chi connectivity index (χ3n) is 3.00. The van der Waals surface area contributed by atoms with Crippen molar-refractivity contribution >= 4 is 49.5 Å². The van der Waals surface area contributed by atoms with Crippen LogP contribution in [-0.4, -0.2) is 0 Å². The summed E-state index contributed by atoms with van der Waals surface area (Å²) in [6.45, 7) is 0.319. The van der Waals surface area contributed by atoms with Gasteiger partial charge in [-0.05, 0) is 65.1 Å². The van der Waals surface area contributed by atoms with Crippen molar-refractivity contribution < 1.29 is 9.15 Å². The van der Waals surface area contributed by atoms with Crippen LogP contribution in [0.1, 0.15) is 5.56 Å². The Kier molecular flexibility index (Phi) is 4.30. The van der Waals surface area contributed by atoms with Gasteiger partial charge >= 0.3 is 5.63 Å². The fraction of sp³-hybridized carbons (Fsp3) is 0.0625. The van der Waals surface area contributed by atoms with Gasteiger partial charge in [0.05, 0.1) is 0 Å². The summed E-state index contributed by atoms with van der Waals surface area (Å²) in [7, 11) is 0. The molecule has 0 unspecified atom stereocenters. The van der Waals surface area contributed by atoms with Crippen LogP contribution in [0.5, 0.6) is 5.75 Å². The number of fused-ring (bicyclic) bond motifs is 1. The van der Waals surface area contributed by atoms with Gasteiger partial charge in [-0.15, -0.1) is 0 Å². The maximum absolute atomic E-state index is 11.6. The molecule has 0 amide bonds. The number of halogens is 2. The highest BCUT2D eigenvalue weighted by molar-refractivity contribution is 14.1. The lowest BCUT2D eigenvalue weighted by molar-refractivity contribution is 0.306. The molecule has 5 heteroatoms. The zero-order valence-electron chi connectivity index (χ0n) is 10.8. The average molecular weight is 457 g/mol. The molecule has 3 rings (SSSR count). The highest BCUT2D eigenvalue weighted by Gasteiger charge is 2.07. The minimum absolute atomic E-state index is 0.319. The Morgan fingerprint density at radius 2 is 1.86 bits per heavy atom. The van der Waals surface area contributed by atoms with Crippen LogP contribution in [0.2, 0.25) is 0 Å². The third kappa shape index (κ3) is 3.47. The maximum atomic E-state index is 11.6. The van der Waals surface area contributed by atoms with Gasteiger partial charge in [-0.25, -0.2) is 4.79 Å². The van der Waals surface area contributed by atoms with E-state index in [1.807, 2.05) is 36.4 Å². The molecule has 106 valence electrons. The summed E-state index contributed by atoms with van der Waals surface area (Å²) in [5.41, 5.74) is 0.999. The largest absolute Gasteiger partial charge is 0.489 e. The molecule has 0 radical (unpaired) electrons. The fourth-order valence-corrected chi connectivity index (χ4v) is 2.73. The molecule has 0 aliphatic carbocycles. The molecule has 0 spiro atoms. The van der Waals surface area contributed by atoms with Crippen LogP contribution in [0.4, 0.5) is 0 Å². The third-order valence-corrected chi connectivity index (χ3v) is 4.21. The van der Waals surface area contributed by atoms with Crippen LogP contribution in [-0.2, 0) is 6.61 Å². The molecule has 3 aromatic rings. The van der Waals surface area contributed by atoms with Gasteiger partial charge in [-0.1, -0.05) is 15.9 Å². The summed E-state index contributed by atoms with van der Waals surface area (Å²) in [4.78, 5) is 11.6. The second-order valence-corrected chi connectivity index (χ2v) is 6.64. The van der Waals surface area contributed by atoms with Crippen LogP contribution in [0.3, 0.4) is 0 Å². The zero-order valence-corrected chi connectivity index (χ0v) is 14.6. The molecular weight excluding hydrogens is 447 g/mol. The molecule has 0 bridgehead atoms. The second kappa shape index (κ2) is 6.19. The quantitative estimate of drug-likeness (QED) is 0.422. The highest BCUT2D eigenvalue weighted by atomic mass is 127. The average Bonchev–Trinajstić information content (AvgIpc) is 2.47. The first kappa shape index (κ1) is 14.6. The van der Waals surface area contributed by atoms with Crippen LogP contribution in [0, 0.1) is 3.57 Å². The van der Waals surface area contributed by atoms with Crippen molar-refractivity contribution in [2.45, 2.75) is 6.61 Å². The summed E-state index contributed by atoms with van der Waals surface area (Å²) in [6, 6.07) is 14.8. The first-order chi connectivity index (χ1) is 10.1. The van der Waals surface area contributed by atoms with E-state index in [4.69, 9.17) is 9.15 Å². The molecule has 2 aromatic carbocycles. The first-order valence-corrected chi connectivity index (χ1v) is 8.10. The lowest BCUT2D eigenvalue weighted by Gasteiger charge is -2.08. The van der Waals surface area contributed by atoms with Crippen molar-refractivity contribution in [3.05, 3.63) is 72.6 Å². The van der Waals surface area contributed by atoms with Crippen LogP contribution in [0.15, 0.2) is 62.2 Å². The Labute approximate surface area is 143 Å². The standard InChI is InChI=1S/C16H10BrIO3/c17-11-1-6-15-14(8-11)10(7-16(19)21-15)9-20-13-4-2-12(18)3-5-13/h1-8H,9H2. The van der Waals surface area contributed by atoms with Gasteiger partial charge in [-0.3, -0.25) is 0 Å². The Hall–Kier alpha value is -1.34. The van der Waals surface area contributed by atoms with E-state index in [9.17, 15) is 4.79 Å². The van der Waals surface area contributed by atoms with Crippen molar-refractivity contribution in [1.82, 2.24) is 0 Å². The Bertz CT molecular complexity index is 840. The van der Waals surface area contributed by atoms with E-state index in [1.165, 1.54) is 6.07 Å². The van der Waals surface area contributed by atoms with E-state index in [2.05, 4.69) is 38.5 Å². The van der Waals surface area contributed by atoms with Crippen molar-refractivity contribution in [1.29, 1.82) is 0 Å². The maximum Gasteiger partial charge on any atom is 0.336 e. The van der Waals surface area contributed by atoms with Crippen molar-refractivity contribution in [2.75, 3.05) is 0 Å². The highest BCUT2D eigenvalue weighted by Crippen LogP contribution is 2.23. The van der Waals surface area contributed by atoms with Gasteiger partial charge in [-0.2, -0.15) is 0 Å². The monoisotopic (exact) mass is 456 g/mol. The van der Waals surface area contributed by atoms with Gasteiger partial charge in [0.2, 0.25) is 0 Å². The van der Waals surface area contributed by atoms with Crippen LogP contribution in [0.25, 0.3) is 11.0 Å². The van der Waals surface area contributed by atoms with E-state index in [-0.39, 0.29) is 5.63 Å². The topological polar surface area (TPSA) is 39.4 Å². The molecule has 1 aromatic heterocycles. The first-order valence-electron chi connectivity index (χ1n) is 6.22. The zero-order chi connectivity index (χ0) is 14.8. The summed E-state index contributed by atoms with van der Waals surface area (Å²) >= 11 is 5.67. The molecule has 0 atom stereocenters. The lowest BCUT2D eigenvalue weighted by Crippen LogP contribution is -2.04. The molecule has 0 N–H and O–H groups in total. The summed E-state index contributed by atoms with van der Waals surface area (Å²) < 4.78 is 13.0. The Balaban J connectivity index is 1.94. The number of benzene rings is 2. The van der Waals surface area contributed by atoms with Crippen LogP contribution >= 0.6 is 38.5 Å². The summed E-state index contributed by atoms with van der Waals surface area (Å²) in [5.74, 6) is 0.770. The smallest absolute Gasteiger partial charge is 0.336 e. The van der Waals surface area contributed by atoms with Crippen molar-refractivity contribution in [2.24, 2.45) is 0 Å². The van der Waals surface area contributed by atoms with E-state index in [0.717, 1.165) is 24.7 Å². The van der Waals surface area contributed by atoms with E-state index in [1.54, 1.807) is 6.07 Å². The van der Waals surface area contributed by atoms with Gasteiger partial charge in [0.25, 0.3) is 0 Å². The minimum Gasteiger partial charge on any atom is -0.489 e. The van der Waals surface area contributed by atoms with Gasteiger partial charge < -0.3 is 9.15 Å². The molecule has 21 heavy (non-hydrogen) atoms. The number of rotatable bonds is 3. The molecule has 0 aliphatic rings. The number of hydrogen-bond acceptors (Lipinski definition) is 3. The molecular formula is C16H10BrIO3. The second-order valence-electron chi connectivity index (χ2n) is 4.47. The van der Waals surface area contributed by atoms with E-state index < -0.39 is 0 Å². The van der Waals surface area contributed by atoms with Gasteiger partial charge in [0.1, 0.15) is 17.9 Å². The SMILES string of the molecule is O=c1cc(COc2ccc(I)cc2)c2cc(Br)ccc2o1. The van der Waals surface area contributed by atoms with Crippen molar-refractivity contribution in [3.63, 3.8) is 0 Å². The lowest BCUT2D eigenvalue weighted by atomic mass is 10.1. The fourth-order valence-electron chi connectivity index (χ4n) is 2.01.